The topological polar surface area (TPSA) is 148 Å². The average molecular weight is 531 g/mol. The number of carboxylic acids is 1. The Morgan fingerprint density at radius 3 is 2.59 bits per heavy atom. The maximum Gasteiger partial charge on any atom is 0.306 e. The average Bonchev–Trinajstić information content (AvgIpc) is 2.90. The van der Waals surface area contributed by atoms with E-state index < -0.39 is 11.5 Å². The van der Waals surface area contributed by atoms with Crippen molar-refractivity contribution in [3.8, 4) is 11.5 Å². The van der Waals surface area contributed by atoms with Crippen molar-refractivity contribution in [1.29, 1.82) is 0 Å². The van der Waals surface area contributed by atoms with Crippen LogP contribution in [0.5, 0.6) is 11.5 Å². The number of benzene rings is 1. The number of fused-ring (bicyclic) bond motifs is 1. The van der Waals surface area contributed by atoms with Crippen LogP contribution in [0.4, 0.5) is 17.5 Å². The molecule has 1 aliphatic heterocycles. The van der Waals surface area contributed by atoms with E-state index in [9.17, 15) is 19.5 Å². The molecule has 3 N–H and O–H groups in total. The number of aliphatic carboxylic acids is 1. The monoisotopic (exact) mass is 530 g/mol. The lowest BCUT2D eigenvalue weighted by molar-refractivity contribution is -0.142. The number of amides is 1. The lowest BCUT2D eigenvalue weighted by atomic mass is 9.97. The van der Waals surface area contributed by atoms with Crippen LogP contribution in [0, 0.1) is 5.92 Å². The maximum atomic E-state index is 12.8. The van der Waals surface area contributed by atoms with E-state index >= 15 is 0 Å². The first-order valence-electron chi connectivity index (χ1n) is 11.5. The van der Waals surface area contributed by atoms with Crippen molar-refractivity contribution in [2.45, 2.75) is 12.8 Å². The minimum absolute atomic E-state index is 0.0184. The molecule has 0 bridgehead atoms. The minimum Gasteiger partial charge on any atom is -0.494 e. The van der Waals surface area contributed by atoms with E-state index in [1.807, 2.05) is 4.90 Å². The van der Waals surface area contributed by atoms with Gasteiger partial charge in [0, 0.05) is 44.3 Å². The van der Waals surface area contributed by atoms with Gasteiger partial charge in [0.15, 0.2) is 18.2 Å². The van der Waals surface area contributed by atoms with Gasteiger partial charge in [-0.2, -0.15) is 4.98 Å². The van der Waals surface area contributed by atoms with Crippen LogP contribution >= 0.6 is 11.6 Å². The number of nitrogens with one attached hydrogen (secondary N) is 2. The van der Waals surface area contributed by atoms with E-state index in [2.05, 4.69) is 20.6 Å². The summed E-state index contributed by atoms with van der Waals surface area (Å²) in [5, 5.41) is 15.8. The summed E-state index contributed by atoms with van der Waals surface area (Å²) >= 11 is 6.38. The summed E-state index contributed by atoms with van der Waals surface area (Å²) in [6.45, 7) is 0.749. The van der Waals surface area contributed by atoms with Crippen molar-refractivity contribution in [1.82, 2.24) is 19.9 Å². The molecule has 1 amide bonds. The number of pyridine rings is 1. The van der Waals surface area contributed by atoms with E-state index in [4.69, 9.17) is 21.1 Å². The molecular weight excluding hydrogens is 504 g/mol. The van der Waals surface area contributed by atoms with Crippen LogP contribution < -0.4 is 30.6 Å². The molecule has 0 unspecified atom stereocenters. The van der Waals surface area contributed by atoms with Crippen LogP contribution in [0.25, 0.3) is 10.9 Å². The Kier molecular flexibility index (Phi) is 7.67. The third kappa shape index (κ3) is 5.53. The van der Waals surface area contributed by atoms with Crippen LogP contribution in [-0.4, -0.2) is 65.4 Å². The molecule has 12 nitrogen and oxygen atoms in total. The molecule has 0 spiro atoms. The molecule has 1 aliphatic rings. The lowest BCUT2D eigenvalue weighted by Crippen LogP contribution is -2.37. The number of piperidine rings is 1. The Hall–Kier alpha value is -4.06. The zero-order chi connectivity index (χ0) is 26.7. The second kappa shape index (κ2) is 10.9. The molecule has 1 saturated heterocycles. The van der Waals surface area contributed by atoms with Gasteiger partial charge in [0.1, 0.15) is 10.8 Å². The third-order valence-corrected chi connectivity index (χ3v) is 6.50. The van der Waals surface area contributed by atoms with Crippen molar-refractivity contribution in [3.63, 3.8) is 0 Å². The second-order valence-electron chi connectivity index (χ2n) is 8.54. The predicted molar refractivity (Wildman–Crippen MR) is 138 cm³/mol. The zero-order valence-corrected chi connectivity index (χ0v) is 21.3. The first-order valence-corrected chi connectivity index (χ1v) is 11.9. The summed E-state index contributed by atoms with van der Waals surface area (Å²) in [5.41, 5.74) is 0.711. The van der Waals surface area contributed by atoms with Crippen LogP contribution in [-0.2, 0) is 16.6 Å². The van der Waals surface area contributed by atoms with Crippen LogP contribution in [0.3, 0.4) is 0 Å². The minimum atomic E-state index is -0.788. The fraction of sp³-hybridized carbons (Fsp3) is 0.375. The molecule has 1 fully saturated rings. The molecule has 37 heavy (non-hydrogen) atoms. The third-order valence-electron chi connectivity index (χ3n) is 6.22. The van der Waals surface area contributed by atoms with Gasteiger partial charge >= 0.3 is 5.97 Å². The van der Waals surface area contributed by atoms with Gasteiger partial charge in [-0.25, -0.2) is 4.98 Å². The number of hydrogen-bond donors (Lipinski definition) is 3. The van der Waals surface area contributed by atoms with Gasteiger partial charge in [-0.1, -0.05) is 11.6 Å². The van der Waals surface area contributed by atoms with E-state index in [-0.39, 0.29) is 24.2 Å². The Morgan fingerprint density at radius 2 is 1.95 bits per heavy atom. The molecule has 3 heterocycles. The van der Waals surface area contributed by atoms with Gasteiger partial charge < -0.3 is 34.7 Å². The first kappa shape index (κ1) is 26.0. The highest BCUT2D eigenvalue weighted by atomic mass is 35.5. The molecule has 3 aromatic rings. The molecule has 0 aliphatic carbocycles. The standard InChI is InChI=1S/C24H27ClN6O6/c1-26-19(32)12-37-18-9-14-8-15(10-17(36-3)20(14)30(2)22(18)33)28-21-16(25)11-27-24(29-21)31-6-4-13(5-7-31)23(34)35/h8-11,13H,4-7,12H2,1-3H3,(H,26,32)(H,34,35)(H,27,28,29). The van der Waals surface area contributed by atoms with Crippen molar-refractivity contribution in [2.75, 3.05) is 44.1 Å². The predicted octanol–water partition coefficient (Wildman–Crippen LogP) is 2.16. The van der Waals surface area contributed by atoms with E-state index in [1.54, 1.807) is 25.2 Å². The van der Waals surface area contributed by atoms with E-state index in [0.29, 0.717) is 65.1 Å². The van der Waals surface area contributed by atoms with Gasteiger partial charge in [0.2, 0.25) is 5.95 Å². The molecule has 2 aromatic heterocycles. The lowest BCUT2D eigenvalue weighted by Gasteiger charge is -2.30. The van der Waals surface area contributed by atoms with Crippen molar-refractivity contribution >= 4 is 51.8 Å². The number of ether oxygens (including phenoxy) is 2. The fourth-order valence-electron chi connectivity index (χ4n) is 4.18. The van der Waals surface area contributed by atoms with Crippen LogP contribution in [0.15, 0.2) is 29.2 Å². The molecular formula is C24H27ClN6O6. The quantitative estimate of drug-likeness (QED) is 0.395. The summed E-state index contributed by atoms with van der Waals surface area (Å²) in [7, 11) is 4.57. The Bertz CT molecular complexity index is 1400. The van der Waals surface area contributed by atoms with E-state index in [1.165, 1.54) is 24.9 Å². The normalized spacial score (nSPS) is 13.9. The highest BCUT2D eigenvalue weighted by Gasteiger charge is 2.26. The Balaban J connectivity index is 1.65. The van der Waals surface area contributed by atoms with Gasteiger partial charge in [-0.15, -0.1) is 0 Å². The molecule has 1 aromatic carbocycles. The number of likely N-dealkylation sites (N-methyl/N-ethyl adjacent to an activating group) is 1. The summed E-state index contributed by atoms with van der Waals surface area (Å²) in [5.74, 6) is -0.276. The summed E-state index contributed by atoms with van der Waals surface area (Å²) in [4.78, 5) is 46.4. The second-order valence-corrected chi connectivity index (χ2v) is 8.95. The van der Waals surface area contributed by atoms with Crippen LogP contribution in [0.1, 0.15) is 12.8 Å². The van der Waals surface area contributed by atoms with Gasteiger partial charge in [-0.05, 0) is 25.0 Å². The molecule has 0 radical (unpaired) electrons. The summed E-state index contributed by atoms with van der Waals surface area (Å²) in [6, 6.07) is 5.04. The number of rotatable bonds is 8. The number of carbonyl (C=O) groups is 2. The number of halogens is 1. The number of carbonyl (C=O) groups excluding carboxylic acids is 1. The number of anilines is 3. The highest BCUT2D eigenvalue weighted by molar-refractivity contribution is 6.32. The van der Waals surface area contributed by atoms with Crippen molar-refractivity contribution in [2.24, 2.45) is 13.0 Å². The summed E-state index contributed by atoms with van der Waals surface area (Å²) < 4.78 is 12.4. The molecule has 4 rings (SSSR count). The van der Waals surface area contributed by atoms with Gasteiger partial charge in [-0.3, -0.25) is 14.4 Å². The Morgan fingerprint density at radius 1 is 1.22 bits per heavy atom. The number of nitrogens with zero attached hydrogens (tertiary/aromatic N) is 4. The van der Waals surface area contributed by atoms with Crippen molar-refractivity contribution < 1.29 is 24.2 Å². The number of aromatic nitrogens is 3. The molecule has 0 atom stereocenters. The molecule has 13 heteroatoms. The largest absolute Gasteiger partial charge is 0.494 e. The fourth-order valence-corrected chi connectivity index (χ4v) is 4.31. The maximum absolute atomic E-state index is 12.8. The van der Waals surface area contributed by atoms with Gasteiger partial charge in [0.25, 0.3) is 11.5 Å². The molecule has 0 saturated carbocycles. The van der Waals surface area contributed by atoms with Gasteiger partial charge in [0.05, 0.1) is 24.7 Å². The van der Waals surface area contributed by atoms with E-state index in [0.717, 1.165) is 0 Å². The number of hydrogen-bond acceptors (Lipinski definition) is 9. The zero-order valence-electron chi connectivity index (χ0n) is 20.6. The summed E-state index contributed by atoms with van der Waals surface area (Å²) in [6.07, 6.45) is 2.51. The number of aryl methyl sites for hydroxylation is 1. The molecule has 196 valence electrons. The van der Waals surface area contributed by atoms with Crippen LogP contribution in [0.2, 0.25) is 5.02 Å². The number of carboxylic acid groups (broad SMARTS) is 1. The SMILES string of the molecule is CNC(=O)COc1cc2cc(Nc3nc(N4CCC(C(=O)O)CC4)ncc3Cl)cc(OC)c2n(C)c1=O. The first-order chi connectivity index (χ1) is 17.7. The Labute approximate surface area is 217 Å². The number of methoxy groups -OCH3 is 1. The smallest absolute Gasteiger partial charge is 0.306 e. The van der Waals surface area contributed by atoms with Crippen molar-refractivity contribution in [3.05, 3.63) is 39.8 Å². The highest BCUT2D eigenvalue weighted by Crippen LogP contribution is 2.33.